The number of hydrogen-bond acceptors (Lipinski definition) is 2. The minimum absolute atomic E-state index is 0.128. The highest BCUT2D eigenvalue weighted by Gasteiger charge is 2.25. The van der Waals surface area contributed by atoms with E-state index in [1.807, 2.05) is 0 Å². The van der Waals surface area contributed by atoms with Crippen molar-refractivity contribution in [1.29, 1.82) is 0 Å². The summed E-state index contributed by atoms with van der Waals surface area (Å²) in [7, 11) is 0. The Morgan fingerprint density at radius 1 is 1.62 bits per heavy atom. The van der Waals surface area contributed by atoms with E-state index in [0.29, 0.717) is 0 Å². The molecule has 0 amide bonds. The summed E-state index contributed by atoms with van der Waals surface area (Å²) in [5.41, 5.74) is 0. The fourth-order valence-electron chi connectivity index (χ4n) is 1.86. The van der Waals surface area contributed by atoms with Crippen LogP contribution < -0.4 is 0 Å². The Hall–Kier alpha value is -0.150. The van der Waals surface area contributed by atoms with E-state index in [9.17, 15) is 4.79 Å². The Labute approximate surface area is 88.1 Å². The van der Waals surface area contributed by atoms with E-state index in [0.717, 1.165) is 24.0 Å². The Balaban J connectivity index is 2.56. The molecule has 0 aliphatic carbocycles. The maximum atomic E-state index is 11.3. The Kier molecular flexibility index (Phi) is 4.13. The molecule has 0 aromatic rings. The average molecular weight is 246 g/mol. The molecule has 0 aromatic heterocycles. The smallest absolute Gasteiger partial charge is 0.146 e. The van der Waals surface area contributed by atoms with E-state index in [-0.39, 0.29) is 11.8 Å². The predicted octanol–water partition coefficient (Wildman–Crippen LogP) is 2.34. The number of likely N-dealkylation sites (tertiary alicyclic amines) is 1. The number of nitrogens with zero attached hydrogens (tertiary/aromatic N) is 1. The minimum Gasteiger partial charge on any atom is -0.298 e. The van der Waals surface area contributed by atoms with Gasteiger partial charge in [-0.3, -0.25) is 9.69 Å². The second-order valence-electron chi connectivity index (χ2n) is 3.61. The van der Waals surface area contributed by atoms with Gasteiger partial charge in [0, 0.05) is 11.0 Å². The summed E-state index contributed by atoms with van der Waals surface area (Å²) >= 11 is 3.34. The van der Waals surface area contributed by atoms with Crippen molar-refractivity contribution >= 4 is 21.7 Å². The lowest BCUT2D eigenvalue weighted by Gasteiger charge is -2.33. The predicted molar refractivity (Wildman–Crippen MR) is 58.0 cm³/mol. The van der Waals surface area contributed by atoms with Gasteiger partial charge in [0.15, 0.2) is 0 Å². The van der Waals surface area contributed by atoms with Gasteiger partial charge in [0.1, 0.15) is 5.78 Å². The first-order valence-electron chi connectivity index (χ1n) is 4.69. The number of hydrogen-bond donors (Lipinski definition) is 0. The van der Waals surface area contributed by atoms with Crippen LogP contribution in [-0.2, 0) is 4.79 Å². The zero-order chi connectivity index (χ0) is 9.84. The lowest BCUT2D eigenvalue weighted by atomic mass is 9.99. The van der Waals surface area contributed by atoms with Crippen LogP contribution in [0.2, 0.25) is 0 Å². The van der Waals surface area contributed by atoms with Crippen molar-refractivity contribution in [2.45, 2.75) is 32.2 Å². The zero-order valence-electron chi connectivity index (χ0n) is 8.05. The number of Topliss-reactive ketones (excluding diaryl/α,β-unsaturated/α-hetero) is 1. The number of carbonyl (C=O) groups excluding carboxylic acids is 1. The summed E-state index contributed by atoms with van der Waals surface area (Å²) in [6.07, 6.45) is 3.38. The minimum atomic E-state index is 0.128. The summed E-state index contributed by atoms with van der Waals surface area (Å²) in [5, 5.41) is 0. The summed E-state index contributed by atoms with van der Waals surface area (Å²) in [5.74, 6) is 0.286. The molecule has 0 saturated carbocycles. The van der Waals surface area contributed by atoms with Gasteiger partial charge in [-0.15, -0.1) is 0 Å². The first kappa shape index (κ1) is 10.9. The monoisotopic (exact) mass is 245 g/mol. The summed E-state index contributed by atoms with van der Waals surface area (Å²) in [6, 6.07) is 0.128. The van der Waals surface area contributed by atoms with E-state index < -0.39 is 0 Å². The van der Waals surface area contributed by atoms with Crippen molar-refractivity contribution < 1.29 is 4.79 Å². The molecular formula is C10H16BrNO. The van der Waals surface area contributed by atoms with E-state index >= 15 is 0 Å². The third-order valence-corrected chi connectivity index (χ3v) is 2.71. The van der Waals surface area contributed by atoms with Gasteiger partial charge in [-0.05, 0) is 26.3 Å². The standard InChI is InChI=1S/C10H16BrNO/c1-8(11)7-12-6-4-3-5-10(12)9(2)13/h10H,1,3-7H2,2H3. The molecule has 0 radical (unpaired) electrons. The van der Waals surface area contributed by atoms with Crippen LogP contribution in [0.15, 0.2) is 11.1 Å². The van der Waals surface area contributed by atoms with Crippen LogP contribution in [0, 0.1) is 0 Å². The van der Waals surface area contributed by atoms with E-state index in [2.05, 4.69) is 27.4 Å². The van der Waals surface area contributed by atoms with E-state index in [1.165, 1.54) is 12.8 Å². The molecule has 1 saturated heterocycles. The first-order valence-corrected chi connectivity index (χ1v) is 5.48. The van der Waals surface area contributed by atoms with Gasteiger partial charge in [-0.1, -0.05) is 28.9 Å². The second kappa shape index (κ2) is 4.91. The third kappa shape index (κ3) is 3.24. The number of piperidine rings is 1. The second-order valence-corrected chi connectivity index (χ2v) is 4.73. The molecule has 0 spiro atoms. The first-order chi connectivity index (χ1) is 6.11. The fourth-order valence-corrected chi connectivity index (χ4v) is 2.18. The molecule has 1 fully saturated rings. The number of ketones is 1. The molecule has 13 heavy (non-hydrogen) atoms. The van der Waals surface area contributed by atoms with Crippen molar-refractivity contribution in [2.75, 3.05) is 13.1 Å². The molecule has 1 aliphatic rings. The SMILES string of the molecule is C=C(Br)CN1CCCCC1C(C)=O. The highest BCUT2D eigenvalue weighted by Crippen LogP contribution is 2.19. The Bertz CT molecular complexity index is 215. The highest BCUT2D eigenvalue weighted by atomic mass is 79.9. The molecule has 2 nitrogen and oxygen atoms in total. The van der Waals surface area contributed by atoms with Gasteiger partial charge in [0.2, 0.25) is 0 Å². The van der Waals surface area contributed by atoms with Gasteiger partial charge >= 0.3 is 0 Å². The van der Waals surface area contributed by atoms with E-state index in [4.69, 9.17) is 0 Å². The quantitative estimate of drug-likeness (QED) is 0.761. The maximum absolute atomic E-state index is 11.3. The van der Waals surface area contributed by atoms with Crippen LogP contribution in [0.25, 0.3) is 0 Å². The van der Waals surface area contributed by atoms with Crippen molar-refractivity contribution in [3.63, 3.8) is 0 Å². The summed E-state index contributed by atoms with van der Waals surface area (Å²) in [4.78, 5) is 13.5. The fraction of sp³-hybridized carbons (Fsp3) is 0.700. The van der Waals surface area contributed by atoms with Crippen molar-refractivity contribution in [3.05, 3.63) is 11.1 Å². The zero-order valence-corrected chi connectivity index (χ0v) is 9.64. The van der Waals surface area contributed by atoms with Crippen molar-refractivity contribution in [3.8, 4) is 0 Å². The molecule has 1 aliphatic heterocycles. The third-order valence-electron chi connectivity index (χ3n) is 2.46. The normalized spacial score (nSPS) is 24.3. The van der Waals surface area contributed by atoms with Crippen LogP contribution >= 0.6 is 15.9 Å². The molecular weight excluding hydrogens is 230 g/mol. The summed E-state index contributed by atoms with van der Waals surface area (Å²) in [6.45, 7) is 7.31. The Morgan fingerprint density at radius 2 is 2.31 bits per heavy atom. The molecule has 0 aromatic carbocycles. The van der Waals surface area contributed by atoms with Crippen LogP contribution in [0.5, 0.6) is 0 Å². The number of halogens is 1. The lowest BCUT2D eigenvalue weighted by Crippen LogP contribution is -2.44. The molecule has 0 bridgehead atoms. The van der Waals surface area contributed by atoms with Gasteiger partial charge in [-0.2, -0.15) is 0 Å². The molecule has 0 N–H and O–H groups in total. The van der Waals surface area contributed by atoms with Crippen molar-refractivity contribution in [1.82, 2.24) is 4.90 Å². The molecule has 74 valence electrons. The van der Waals surface area contributed by atoms with Crippen LogP contribution in [0.4, 0.5) is 0 Å². The lowest BCUT2D eigenvalue weighted by molar-refractivity contribution is -0.123. The largest absolute Gasteiger partial charge is 0.298 e. The number of carbonyl (C=O) groups is 1. The van der Waals surface area contributed by atoms with Gasteiger partial charge in [-0.25, -0.2) is 0 Å². The van der Waals surface area contributed by atoms with Crippen LogP contribution in [0.1, 0.15) is 26.2 Å². The van der Waals surface area contributed by atoms with Crippen molar-refractivity contribution in [2.24, 2.45) is 0 Å². The highest BCUT2D eigenvalue weighted by molar-refractivity contribution is 9.11. The Morgan fingerprint density at radius 3 is 2.85 bits per heavy atom. The molecule has 1 heterocycles. The molecule has 3 heteroatoms. The summed E-state index contributed by atoms with van der Waals surface area (Å²) < 4.78 is 0.959. The van der Waals surface area contributed by atoms with Gasteiger partial charge < -0.3 is 0 Å². The maximum Gasteiger partial charge on any atom is 0.146 e. The molecule has 1 atom stereocenters. The molecule has 1 unspecified atom stereocenters. The van der Waals surface area contributed by atoms with Crippen LogP contribution in [0.3, 0.4) is 0 Å². The van der Waals surface area contributed by atoms with Crippen LogP contribution in [-0.4, -0.2) is 29.8 Å². The topological polar surface area (TPSA) is 20.3 Å². The van der Waals surface area contributed by atoms with Gasteiger partial charge in [0.25, 0.3) is 0 Å². The van der Waals surface area contributed by atoms with Gasteiger partial charge in [0.05, 0.1) is 6.04 Å². The molecule has 1 rings (SSSR count). The van der Waals surface area contributed by atoms with E-state index in [1.54, 1.807) is 6.92 Å². The number of rotatable bonds is 3. The average Bonchev–Trinajstić information content (AvgIpc) is 2.03.